The molecule has 0 fully saturated rings. The summed E-state index contributed by atoms with van der Waals surface area (Å²) in [5, 5.41) is 0. The third-order valence-electron chi connectivity index (χ3n) is 3.37. The Morgan fingerprint density at radius 3 is 2.05 bits per heavy atom. The molecule has 0 aliphatic heterocycles. The topological polar surface area (TPSA) is 28.7 Å². The van der Waals surface area contributed by atoms with Crippen LogP contribution < -0.4 is 0 Å². The lowest BCUT2D eigenvalue weighted by Crippen LogP contribution is -2.17. The molecule has 0 saturated carbocycles. The average Bonchev–Trinajstić information content (AvgIpc) is 2.29. The first-order valence-corrected chi connectivity index (χ1v) is 7.29. The van der Waals surface area contributed by atoms with Crippen molar-refractivity contribution in [3.63, 3.8) is 0 Å². The van der Waals surface area contributed by atoms with Gasteiger partial charge < -0.3 is 4.98 Å². The summed E-state index contributed by atoms with van der Waals surface area (Å²) in [7, 11) is 0. The van der Waals surface area contributed by atoms with Crippen molar-refractivity contribution in [3.8, 4) is 11.3 Å². The highest BCUT2D eigenvalue weighted by Crippen LogP contribution is 2.27. The van der Waals surface area contributed by atoms with Gasteiger partial charge in [-0.05, 0) is 38.5 Å². The summed E-state index contributed by atoms with van der Waals surface area (Å²) in [4.78, 5) is 8.02. The van der Waals surface area contributed by atoms with E-state index >= 15 is 0 Å². The van der Waals surface area contributed by atoms with Crippen LogP contribution in [-0.2, 0) is 5.41 Å². The van der Waals surface area contributed by atoms with Gasteiger partial charge in [0.25, 0.3) is 0 Å². The minimum absolute atomic E-state index is 0.0467. The minimum atomic E-state index is -0.0467. The van der Waals surface area contributed by atoms with Crippen molar-refractivity contribution < 1.29 is 0 Å². The van der Waals surface area contributed by atoms with Crippen LogP contribution in [-0.4, -0.2) is 9.97 Å². The van der Waals surface area contributed by atoms with E-state index in [2.05, 4.69) is 62.8 Å². The van der Waals surface area contributed by atoms with Crippen molar-refractivity contribution >= 4 is 12.2 Å². The Balaban J connectivity index is 2.73. The zero-order valence-electron chi connectivity index (χ0n) is 13.1. The van der Waals surface area contributed by atoms with Crippen LogP contribution in [0.5, 0.6) is 0 Å². The van der Waals surface area contributed by atoms with E-state index in [4.69, 9.17) is 12.2 Å². The zero-order chi connectivity index (χ0) is 15.1. The fraction of sp³-hybridized carbons (Fsp3) is 0.412. The lowest BCUT2D eigenvalue weighted by molar-refractivity contribution is 0.544. The molecule has 0 atom stereocenters. The molecular weight excluding hydrogens is 264 g/mol. The summed E-state index contributed by atoms with van der Waals surface area (Å²) < 4.78 is 0.683. The van der Waals surface area contributed by atoms with E-state index < -0.39 is 0 Å². The van der Waals surface area contributed by atoms with Crippen LogP contribution >= 0.6 is 12.2 Å². The SMILES string of the molecule is Cc1cc(C)cc(-c2[nH]c(C(C)(C)C)nc(=S)c2C)c1. The normalized spacial score (nSPS) is 11.7. The molecule has 0 bridgehead atoms. The molecule has 0 saturated heterocycles. The van der Waals surface area contributed by atoms with E-state index in [1.54, 1.807) is 0 Å². The summed E-state index contributed by atoms with van der Waals surface area (Å²) in [6.07, 6.45) is 0. The predicted molar refractivity (Wildman–Crippen MR) is 87.8 cm³/mol. The quantitative estimate of drug-likeness (QED) is 0.745. The molecule has 3 heteroatoms. The highest BCUT2D eigenvalue weighted by molar-refractivity contribution is 7.71. The average molecular weight is 286 g/mol. The van der Waals surface area contributed by atoms with Gasteiger partial charge in [-0.2, -0.15) is 0 Å². The van der Waals surface area contributed by atoms with Crippen molar-refractivity contribution in [2.75, 3.05) is 0 Å². The van der Waals surface area contributed by atoms with Gasteiger partial charge in [-0.25, -0.2) is 4.98 Å². The first kappa shape index (κ1) is 14.9. The van der Waals surface area contributed by atoms with Crippen LogP contribution in [0.25, 0.3) is 11.3 Å². The second-order valence-electron chi connectivity index (χ2n) is 6.52. The highest BCUT2D eigenvalue weighted by atomic mass is 32.1. The first-order chi connectivity index (χ1) is 9.18. The van der Waals surface area contributed by atoms with E-state index in [0.29, 0.717) is 4.64 Å². The van der Waals surface area contributed by atoms with Gasteiger partial charge in [-0.1, -0.05) is 50.2 Å². The smallest absolute Gasteiger partial charge is 0.133 e. The molecule has 1 aromatic carbocycles. The van der Waals surface area contributed by atoms with Crippen LogP contribution in [0, 0.1) is 25.4 Å². The Kier molecular flexibility index (Phi) is 3.83. The summed E-state index contributed by atoms with van der Waals surface area (Å²) in [6, 6.07) is 6.55. The number of hydrogen-bond acceptors (Lipinski definition) is 2. The van der Waals surface area contributed by atoms with Gasteiger partial charge >= 0.3 is 0 Å². The summed E-state index contributed by atoms with van der Waals surface area (Å²) in [5.74, 6) is 0.933. The minimum Gasteiger partial charge on any atom is -0.342 e. The molecule has 2 rings (SSSR count). The number of hydrogen-bond donors (Lipinski definition) is 1. The molecule has 0 unspecified atom stereocenters. The maximum atomic E-state index is 5.43. The van der Waals surface area contributed by atoms with E-state index in [0.717, 1.165) is 17.1 Å². The summed E-state index contributed by atoms with van der Waals surface area (Å²) >= 11 is 5.43. The monoisotopic (exact) mass is 286 g/mol. The molecule has 0 aliphatic rings. The third kappa shape index (κ3) is 2.98. The lowest BCUT2D eigenvalue weighted by atomic mass is 9.94. The van der Waals surface area contributed by atoms with Gasteiger partial charge in [0.2, 0.25) is 0 Å². The number of nitrogens with zero attached hydrogens (tertiary/aromatic N) is 1. The van der Waals surface area contributed by atoms with Gasteiger partial charge in [0.1, 0.15) is 10.5 Å². The third-order valence-corrected chi connectivity index (χ3v) is 3.77. The molecule has 1 heterocycles. The maximum absolute atomic E-state index is 5.43. The van der Waals surface area contributed by atoms with Crippen LogP contribution in [0.1, 0.15) is 43.3 Å². The Hall–Kier alpha value is -1.48. The molecule has 0 radical (unpaired) electrons. The number of benzene rings is 1. The van der Waals surface area contributed by atoms with Crippen LogP contribution in [0.4, 0.5) is 0 Å². The standard InChI is InChI=1S/C17H22N2S/c1-10-7-11(2)9-13(8-10)14-12(3)15(20)19-16(18-14)17(4,5)6/h7-9H,1-6H3,(H,18,19,20). The molecule has 1 aromatic heterocycles. The van der Waals surface area contributed by atoms with Gasteiger partial charge in [-0.15, -0.1) is 0 Å². The molecule has 2 nitrogen and oxygen atoms in total. The number of nitrogens with one attached hydrogen (secondary N) is 1. The van der Waals surface area contributed by atoms with Gasteiger partial charge in [0.05, 0.1) is 5.69 Å². The molecule has 1 N–H and O–H groups in total. The van der Waals surface area contributed by atoms with E-state index in [9.17, 15) is 0 Å². The first-order valence-electron chi connectivity index (χ1n) is 6.88. The molecule has 2 aromatic rings. The summed E-state index contributed by atoms with van der Waals surface area (Å²) in [5.41, 5.74) is 5.77. The highest BCUT2D eigenvalue weighted by Gasteiger charge is 2.18. The van der Waals surface area contributed by atoms with Crippen molar-refractivity contribution in [2.45, 2.75) is 47.0 Å². The Morgan fingerprint density at radius 2 is 1.55 bits per heavy atom. The lowest BCUT2D eigenvalue weighted by Gasteiger charge is -2.20. The van der Waals surface area contributed by atoms with Crippen LogP contribution in [0.2, 0.25) is 0 Å². The zero-order valence-corrected chi connectivity index (χ0v) is 13.9. The van der Waals surface area contributed by atoms with Crippen LogP contribution in [0.3, 0.4) is 0 Å². The number of aryl methyl sites for hydroxylation is 2. The fourth-order valence-corrected chi connectivity index (χ4v) is 2.49. The summed E-state index contributed by atoms with van der Waals surface area (Å²) in [6.45, 7) is 12.7. The van der Waals surface area contributed by atoms with Crippen molar-refractivity contribution in [3.05, 3.63) is 45.4 Å². The van der Waals surface area contributed by atoms with Gasteiger partial charge in [0.15, 0.2) is 0 Å². The van der Waals surface area contributed by atoms with Gasteiger partial charge in [0, 0.05) is 11.0 Å². The fourth-order valence-electron chi connectivity index (χ4n) is 2.30. The van der Waals surface area contributed by atoms with Crippen LogP contribution in [0.15, 0.2) is 18.2 Å². The maximum Gasteiger partial charge on any atom is 0.133 e. The van der Waals surface area contributed by atoms with E-state index in [-0.39, 0.29) is 5.41 Å². The Morgan fingerprint density at radius 1 is 1.00 bits per heavy atom. The van der Waals surface area contributed by atoms with E-state index in [1.807, 2.05) is 6.92 Å². The predicted octanol–water partition coefficient (Wildman–Crippen LogP) is 5.03. The van der Waals surface area contributed by atoms with E-state index in [1.165, 1.54) is 16.7 Å². The van der Waals surface area contributed by atoms with Crippen molar-refractivity contribution in [2.24, 2.45) is 0 Å². The number of rotatable bonds is 1. The number of aromatic nitrogens is 2. The Bertz CT molecular complexity index is 686. The number of H-pyrrole nitrogens is 1. The molecule has 20 heavy (non-hydrogen) atoms. The molecule has 106 valence electrons. The largest absolute Gasteiger partial charge is 0.342 e. The van der Waals surface area contributed by atoms with Gasteiger partial charge in [-0.3, -0.25) is 0 Å². The van der Waals surface area contributed by atoms with Crippen molar-refractivity contribution in [1.82, 2.24) is 9.97 Å². The number of aromatic amines is 1. The molecule has 0 amide bonds. The molecular formula is C17H22N2S. The molecule has 0 spiro atoms. The second kappa shape index (κ2) is 5.13. The Labute approximate surface area is 126 Å². The van der Waals surface area contributed by atoms with Crippen molar-refractivity contribution in [1.29, 1.82) is 0 Å². The molecule has 0 aliphatic carbocycles. The second-order valence-corrected chi connectivity index (χ2v) is 6.90.